The third kappa shape index (κ3) is 7.00. The molecule has 0 bridgehead atoms. The Bertz CT molecular complexity index is 410. The molecule has 4 rings (SSSR count). The van der Waals surface area contributed by atoms with E-state index in [1.54, 1.807) is 44.9 Å². The topological polar surface area (TPSA) is 0 Å². The van der Waals surface area contributed by atoms with Crippen molar-refractivity contribution in [3.8, 4) is 0 Å². The molecule has 0 spiro atoms. The Balaban J connectivity index is 0.000000343. The van der Waals surface area contributed by atoms with Gasteiger partial charge in [0.25, 0.3) is 0 Å². The standard InChI is InChI=1S/C23H42.C6H12/c1-3-4-15-21-18(2)17-20-14-11-16-22(20)23(21)19-12-9-7-5-6-8-10-13-19;1-6-4-2-3-5-6/h18-23H,3-17H2,1-2H3;6H,2-5H2,1H3. The van der Waals surface area contributed by atoms with Crippen molar-refractivity contribution in [3.05, 3.63) is 0 Å². The summed E-state index contributed by atoms with van der Waals surface area (Å²) >= 11 is 0. The summed E-state index contributed by atoms with van der Waals surface area (Å²) in [5, 5.41) is 0. The lowest BCUT2D eigenvalue weighted by Gasteiger charge is -2.48. The minimum Gasteiger partial charge on any atom is -0.0654 e. The molecular weight excluding hydrogens is 348 g/mol. The van der Waals surface area contributed by atoms with Gasteiger partial charge in [0.2, 0.25) is 0 Å². The first kappa shape index (κ1) is 23.7. The van der Waals surface area contributed by atoms with Gasteiger partial charge in [-0.3, -0.25) is 0 Å². The molecule has 0 N–H and O–H groups in total. The molecule has 4 saturated carbocycles. The first-order valence-corrected chi connectivity index (χ1v) is 14.2. The van der Waals surface area contributed by atoms with Crippen LogP contribution in [0.2, 0.25) is 0 Å². The number of hydrogen-bond donors (Lipinski definition) is 0. The van der Waals surface area contributed by atoms with E-state index in [-0.39, 0.29) is 0 Å². The molecule has 0 aromatic heterocycles. The molecule has 0 amide bonds. The van der Waals surface area contributed by atoms with Gasteiger partial charge in [-0.05, 0) is 60.7 Å². The van der Waals surface area contributed by atoms with Crippen molar-refractivity contribution in [2.75, 3.05) is 0 Å². The molecule has 0 nitrogen and oxygen atoms in total. The molecule has 0 aliphatic heterocycles. The highest BCUT2D eigenvalue weighted by molar-refractivity contribution is 4.96. The summed E-state index contributed by atoms with van der Waals surface area (Å²) in [5.74, 6) is 7.56. The second-order valence-electron chi connectivity index (χ2n) is 11.8. The zero-order chi connectivity index (χ0) is 20.5. The predicted octanol–water partition coefficient (Wildman–Crippen LogP) is 9.81. The molecule has 4 aliphatic rings. The fraction of sp³-hybridized carbons (Fsp3) is 1.00. The van der Waals surface area contributed by atoms with E-state index in [1.165, 1.54) is 77.0 Å². The van der Waals surface area contributed by atoms with E-state index in [9.17, 15) is 0 Å². The molecule has 0 radical (unpaired) electrons. The molecular formula is C29H54. The van der Waals surface area contributed by atoms with Crippen LogP contribution < -0.4 is 0 Å². The van der Waals surface area contributed by atoms with E-state index in [2.05, 4.69) is 20.8 Å². The van der Waals surface area contributed by atoms with Gasteiger partial charge in [0, 0.05) is 0 Å². The maximum absolute atomic E-state index is 2.62. The van der Waals surface area contributed by atoms with Crippen LogP contribution in [0.4, 0.5) is 0 Å². The normalized spacial score (nSPS) is 37.1. The summed E-state index contributed by atoms with van der Waals surface area (Å²) in [6.45, 7) is 7.35. The van der Waals surface area contributed by atoms with Gasteiger partial charge < -0.3 is 0 Å². The molecule has 0 heteroatoms. The van der Waals surface area contributed by atoms with Crippen molar-refractivity contribution in [2.45, 2.75) is 143 Å². The number of unbranched alkanes of at least 4 members (excludes halogenated alkanes) is 1. The Morgan fingerprint density at radius 1 is 0.621 bits per heavy atom. The van der Waals surface area contributed by atoms with Crippen molar-refractivity contribution < 1.29 is 0 Å². The number of hydrogen-bond acceptors (Lipinski definition) is 0. The zero-order valence-corrected chi connectivity index (χ0v) is 20.5. The third-order valence-electron chi connectivity index (χ3n) is 9.59. The summed E-state index contributed by atoms with van der Waals surface area (Å²) in [5.41, 5.74) is 0. The minimum atomic E-state index is 1.01. The summed E-state index contributed by atoms with van der Waals surface area (Å²) in [6, 6.07) is 0. The van der Waals surface area contributed by atoms with Gasteiger partial charge in [-0.1, -0.05) is 124 Å². The van der Waals surface area contributed by atoms with Crippen LogP contribution in [0, 0.1) is 41.4 Å². The highest BCUT2D eigenvalue weighted by Gasteiger charge is 2.46. The van der Waals surface area contributed by atoms with Crippen LogP contribution >= 0.6 is 0 Å². The summed E-state index contributed by atoms with van der Waals surface area (Å²) in [7, 11) is 0. The lowest BCUT2D eigenvalue weighted by molar-refractivity contribution is 0.00764. The first-order valence-electron chi connectivity index (χ1n) is 14.2. The Hall–Kier alpha value is 0. The fourth-order valence-corrected chi connectivity index (χ4v) is 8.01. The lowest BCUT2D eigenvalue weighted by atomic mass is 9.57. The van der Waals surface area contributed by atoms with Crippen LogP contribution in [0.5, 0.6) is 0 Å². The molecule has 5 unspecified atom stereocenters. The second-order valence-corrected chi connectivity index (χ2v) is 11.8. The Morgan fingerprint density at radius 3 is 1.79 bits per heavy atom. The summed E-state index contributed by atoms with van der Waals surface area (Å²) in [6.07, 6.45) is 28.9. The molecule has 29 heavy (non-hydrogen) atoms. The molecule has 0 aromatic rings. The van der Waals surface area contributed by atoms with Gasteiger partial charge in [0.05, 0.1) is 0 Å². The highest BCUT2D eigenvalue weighted by Crippen LogP contribution is 2.55. The molecule has 4 fully saturated rings. The van der Waals surface area contributed by atoms with Gasteiger partial charge in [0.15, 0.2) is 0 Å². The number of fused-ring (bicyclic) bond motifs is 1. The Morgan fingerprint density at radius 2 is 1.21 bits per heavy atom. The van der Waals surface area contributed by atoms with Crippen molar-refractivity contribution in [1.82, 2.24) is 0 Å². The van der Waals surface area contributed by atoms with Crippen molar-refractivity contribution in [1.29, 1.82) is 0 Å². The van der Waals surface area contributed by atoms with E-state index in [0.29, 0.717) is 0 Å². The zero-order valence-electron chi connectivity index (χ0n) is 20.5. The van der Waals surface area contributed by atoms with Gasteiger partial charge in [-0.25, -0.2) is 0 Å². The van der Waals surface area contributed by atoms with E-state index in [4.69, 9.17) is 0 Å². The first-order chi connectivity index (χ1) is 14.2. The van der Waals surface area contributed by atoms with Crippen molar-refractivity contribution in [3.63, 3.8) is 0 Å². The Labute approximate surface area is 184 Å². The third-order valence-corrected chi connectivity index (χ3v) is 9.59. The molecule has 5 atom stereocenters. The average Bonchev–Trinajstić information content (AvgIpc) is 3.39. The fourth-order valence-electron chi connectivity index (χ4n) is 8.01. The van der Waals surface area contributed by atoms with E-state index in [1.807, 2.05) is 0 Å². The summed E-state index contributed by atoms with van der Waals surface area (Å²) < 4.78 is 0. The van der Waals surface area contributed by atoms with Crippen LogP contribution in [-0.2, 0) is 0 Å². The lowest BCUT2D eigenvalue weighted by Crippen LogP contribution is -2.41. The smallest absolute Gasteiger partial charge is 0.0324 e. The SMILES string of the molecule is CC1CCCC1.CCCCC1C(C)CC2CCCC2C1C1CCCCCCCC1. The van der Waals surface area contributed by atoms with E-state index >= 15 is 0 Å². The molecule has 0 aromatic carbocycles. The van der Waals surface area contributed by atoms with Gasteiger partial charge in [0.1, 0.15) is 0 Å². The predicted molar refractivity (Wildman–Crippen MR) is 129 cm³/mol. The second kappa shape index (κ2) is 12.8. The molecule has 0 saturated heterocycles. The van der Waals surface area contributed by atoms with Crippen LogP contribution in [0.25, 0.3) is 0 Å². The molecule has 170 valence electrons. The van der Waals surface area contributed by atoms with Crippen molar-refractivity contribution in [2.24, 2.45) is 41.4 Å². The maximum Gasteiger partial charge on any atom is -0.0324 e. The minimum absolute atomic E-state index is 1.01. The molecule has 0 heterocycles. The van der Waals surface area contributed by atoms with Gasteiger partial charge in [-0.2, -0.15) is 0 Å². The monoisotopic (exact) mass is 402 g/mol. The largest absolute Gasteiger partial charge is 0.0654 e. The quantitative estimate of drug-likeness (QED) is 0.439. The number of rotatable bonds is 4. The van der Waals surface area contributed by atoms with Crippen LogP contribution in [-0.4, -0.2) is 0 Å². The van der Waals surface area contributed by atoms with Crippen molar-refractivity contribution >= 4 is 0 Å². The van der Waals surface area contributed by atoms with Crippen LogP contribution in [0.1, 0.15) is 143 Å². The molecule has 4 aliphatic carbocycles. The Kier molecular flexibility index (Phi) is 10.4. The van der Waals surface area contributed by atoms with Crippen LogP contribution in [0.15, 0.2) is 0 Å². The van der Waals surface area contributed by atoms with Gasteiger partial charge in [-0.15, -0.1) is 0 Å². The highest BCUT2D eigenvalue weighted by atomic mass is 14.5. The van der Waals surface area contributed by atoms with E-state index < -0.39 is 0 Å². The summed E-state index contributed by atoms with van der Waals surface area (Å²) in [4.78, 5) is 0. The van der Waals surface area contributed by atoms with Gasteiger partial charge >= 0.3 is 0 Å². The average molecular weight is 403 g/mol. The maximum atomic E-state index is 2.62. The van der Waals surface area contributed by atoms with Crippen LogP contribution in [0.3, 0.4) is 0 Å². The van der Waals surface area contributed by atoms with E-state index in [0.717, 1.165) is 41.4 Å².